The van der Waals surface area contributed by atoms with Gasteiger partial charge in [-0.25, -0.2) is 14.4 Å². The van der Waals surface area contributed by atoms with Crippen LogP contribution < -0.4 is 0 Å². The second-order valence-electron chi connectivity index (χ2n) is 5.26. The van der Waals surface area contributed by atoms with Gasteiger partial charge in [-0.3, -0.25) is 4.79 Å². The summed E-state index contributed by atoms with van der Waals surface area (Å²) < 4.78 is 9.23. The van der Waals surface area contributed by atoms with Crippen LogP contribution in [0.5, 0.6) is 0 Å². The molecule has 0 fully saturated rings. The fourth-order valence-electron chi connectivity index (χ4n) is 2.58. The molecule has 120 valence electrons. The van der Waals surface area contributed by atoms with E-state index in [4.69, 9.17) is 0 Å². The summed E-state index contributed by atoms with van der Waals surface area (Å²) in [6, 6.07) is 9.68. The highest BCUT2D eigenvalue weighted by atomic mass is 16.6. The first-order chi connectivity index (χ1) is 11.5. The maximum atomic E-state index is 11.8. The Bertz CT molecular complexity index is 881. The summed E-state index contributed by atoms with van der Waals surface area (Å²) in [5, 5.41) is 0. The van der Waals surface area contributed by atoms with Crippen LogP contribution >= 0.6 is 0 Å². The molecule has 0 amide bonds. The van der Waals surface area contributed by atoms with Gasteiger partial charge in [-0.2, -0.15) is 0 Å². The molecule has 3 rings (SSSR count). The fraction of sp³-hybridized carbons (Fsp3) is 0.111. The third-order valence-electron chi connectivity index (χ3n) is 3.77. The number of aldehydes is 1. The number of rotatable bonds is 4. The largest absolute Gasteiger partial charge is 0.465 e. The van der Waals surface area contributed by atoms with Crippen LogP contribution in [0.1, 0.15) is 52.6 Å². The average molecular weight is 324 g/mol. The SMILES string of the molecule is COC(=O)c1cc(Cc2ccc3c(c2)C(=O)OC3=O)ccc1C=O. The van der Waals surface area contributed by atoms with Crippen LogP contribution in [-0.4, -0.2) is 31.3 Å². The number of benzene rings is 2. The van der Waals surface area contributed by atoms with Crippen molar-refractivity contribution < 1.29 is 28.7 Å². The van der Waals surface area contributed by atoms with Crippen molar-refractivity contribution in [2.45, 2.75) is 6.42 Å². The van der Waals surface area contributed by atoms with Crippen molar-refractivity contribution >= 4 is 24.2 Å². The normalized spacial score (nSPS) is 12.5. The maximum absolute atomic E-state index is 11.8. The third kappa shape index (κ3) is 2.69. The van der Waals surface area contributed by atoms with Gasteiger partial charge in [-0.05, 0) is 35.7 Å². The molecule has 0 saturated heterocycles. The Morgan fingerprint density at radius 1 is 1.04 bits per heavy atom. The number of carbonyl (C=O) groups is 4. The summed E-state index contributed by atoms with van der Waals surface area (Å²) in [7, 11) is 1.24. The Balaban J connectivity index is 1.93. The molecule has 0 unspecified atom stereocenters. The average Bonchev–Trinajstić information content (AvgIpc) is 2.88. The van der Waals surface area contributed by atoms with Gasteiger partial charge in [0.15, 0.2) is 6.29 Å². The van der Waals surface area contributed by atoms with Gasteiger partial charge >= 0.3 is 17.9 Å². The summed E-state index contributed by atoms with van der Waals surface area (Å²) in [5.74, 6) is -1.91. The molecule has 0 saturated carbocycles. The fourth-order valence-corrected chi connectivity index (χ4v) is 2.58. The minimum atomic E-state index is -0.664. The van der Waals surface area contributed by atoms with E-state index in [0.29, 0.717) is 12.7 Å². The number of carbonyl (C=O) groups excluding carboxylic acids is 4. The van der Waals surface area contributed by atoms with Crippen molar-refractivity contribution in [1.29, 1.82) is 0 Å². The molecule has 0 radical (unpaired) electrons. The van der Waals surface area contributed by atoms with Gasteiger partial charge < -0.3 is 9.47 Å². The van der Waals surface area contributed by atoms with Crippen molar-refractivity contribution in [1.82, 2.24) is 0 Å². The lowest BCUT2D eigenvalue weighted by atomic mass is 9.97. The topological polar surface area (TPSA) is 86.7 Å². The predicted molar refractivity (Wildman–Crippen MR) is 82.2 cm³/mol. The molecule has 6 nitrogen and oxygen atoms in total. The second-order valence-corrected chi connectivity index (χ2v) is 5.26. The van der Waals surface area contributed by atoms with E-state index in [0.717, 1.165) is 11.1 Å². The van der Waals surface area contributed by atoms with E-state index in [1.54, 1.807) is 36.4 Å². The summed E-state index contributed by atoms with van der Waals surface area (Å²) in [6.45, 7) is 0. The Hall–Kier alpha value is -3.28. The molecule has 2 aromatic rings. The van der Waals surface area contributed by atoms with E-state index in [1.165, 1.54) is 7.11 Å². The van der Waals surface area contributed by atoms with Crippen molar-refractivity contribution in [3.05, 3.63) is 69.8 Å². The summed E-state index contributed by atoms with van der Waals surface area (Å²) in [4.78, 5) is 45.8. The van der Waals surface area contributed by atoms with Gasteiger partial charge in [0, 0.05) is 5.56 Å². The molecule has 24 heavy (non-hydrogen) atoms. The van der Waals surface area contributed by atoms with Gasteiger partial charge in [-0.15, -0.1) is 0 Å². The molecular formula is C18H12O6. The third-order valence-corrected chi connectivity index (χ3v) is 3.77. The van der Waals surface area contributed by atoms with E-state index in [9.17, 15) is 19.2 Å². The summed E-state index contributed by atoms with van der Waals surface area (Å²) >= 11 is 0. The molecule has 1 aliphatic rings. The monoisotopic (exact) mass is 324 g/mol. The first kappa shape index (κ1) is 15.6. The first-order valence-corrected chi connectivity index (χ1v) is 7.09. The summed E-state index contributed by atoms with van der Waals surface area (Å²) in [6.07, 6.45) is 1.00. The van der Waals surface area contributed by atoms with Crippen LogP contribution in [0.25, 0.3) is 0 Å². The Morgan fingerprint density at radius 3 is 2.42 bits per heavy atom. The number of hydrogen-bond acceptors (Lipinski definition) is 6. The minimum Gasteiger partial charge on any atom is -0.465 e. The van der Waals surface area contributed by atoms with Crippen LogP contribution in [0, 0.1) is 0 Å². The molecule has 2 aromatic carbocycles. The highest BCUT2D eigenvalue weighted by Crippen LogP contribution is 2.23. The maximum Gasteiger partial charge on any atom is 0.346 e. The molecule has 0 bridgehead atoms. The summed E-state index contributed by atoms with van der Waals surface area (Å²) in [5.41, 5.74) is 2.44. The molecule has 0 spiro atoms. The molecule has 0 aliphatic carbocycles. The predicted octanol–water partition coefficient (Wildman–Crippen LogP) is 2.19. The number of hydrogen-bond donors (Lipinski definition) is 0. The zero-order valence-corrected chi connectivity index (χ0v) is 12.7. The molecular weight excluding hydrogens is 312 g/mol. The Morgan fingerprint density at radius 2 is 1.71 bits per heavy atom. The standard InChI is InChI=1S/C18H12O6/c1-23-16(20)14-7-10(2-4-12(14)9-19)6-11-3-5-13-15(8-11)18(22)24-17(13)21/h2-5,7-9H,6H2,1H3. The lowest BCUT2D eigenvalue weighted by Crippen LogP contribution is -2.06. The van der Waals surface area contributed by atoms with Crippen molar-refractivity contribution in [2.75, 3.05) is 7.11 Å². The minimum absolute atomic E-state index is 0.181. The zero-order chi connectivity index (χ0) is 17.3. The van der Waals surface area contributed by atoms with Gasteiger partial charge in [0.1, 0.15) is 0 Å². The molecule has 0 N–H and O–H groups in total. The van der Waals surface area contributed by atoms with E-state index in [1.807, 2.05) is 0 Å². The van der Waals surface area contributed by atoms with Crippen molar-refractivity contribution in [2.24, 2.45) is 0 Å². The number of esters is 3. The Labute approximate surface area is 137 Å². The molecule has 6 heteroatoms. The molecule has 1 heterocycles. The lowest BCUT2D eigenvalue weighted by molar-refractivity contribution is 0.0442. The number of cyclic esters (lactones) is 2. The van der Waals surface area contributed by atoms with Crippen molar-refractivity contribution in [3.8, 4) is 0 Å². The van der Waals surface area contributed by atoms with Gasteiger partial charge in [0.05, 0.1) is 23.8 Å². The molecule has 0 atom stereocenters. The number of methoxy groups -OCH3 is 1. The van der Waals surface area contributed by atoms with Crippen LogP contribution in [0.2, 0.25) is 0 Å². The van der Waals surface area contributed by atoms with Gasteiger partial charge in [0.25, 0.3) is 0 Å². The first-order valence-electron chi connectivity index (χ1n) is 7.09. The van der Waals surface area contributed by atoms with Crippen LogP contribution in [0.4, 0.5) is 0 Å². The van der Waals surface area contributed by atoms with Crippen molar-refractivity contribution in [3.63, 3.8) is 0 Å². The smallest absolute Gasteiger partial charge is 0.346 e. The quantitative estimate of drug-likeness (QED) is 0.487. The Kier molecular flexibility index (Phi) is 3.95. The van der Waals surface area contributed by atoms with Gasteiger partial charge in [-0.1, -0.05) is 18.2 Å². The van der Waals surface area contributed by atoms with E-state index in [2.05, 4.69) is 9.47 Å². The van der Waals surface area contributed by atoms with E-state index < -0.39 is 17.9 Å². The van der Waals surface area contributed by atoms with Crippen LogP contribution in [0.3, 0.4) is 0 Å². The molecule has 1 aliphatic heterocycles. The number of ether oxygens (including phenoxy) is 2. The van der Waals surface area contributed by atoms with E-state index in [-0.39, 0.29) is 22.3 Å². The highest BCUT2D eigenvalue weighted by Gasteiger charge is 2.29. The second kappa shape index (κ2) is 6.08. The molecule has 0 aromatic heterocycles. The highest BCUT2D eigenvalue weighted by molar-refractivity contribution is 6.14. The lowest BCUT2D eigenvalue weighted by Gasteiger charge is -2.07. The van der Waals surface area contributed by atoms with Crippen LogP contribution in [-0.2, 0) is 15.9 Å². The van der Waals surface area contributed by atoms with Gasteiger partial charge in [0.2, 0.25) is 0 Å². The van der Waals surface area contributed by atoms with E-state index >= 15 is 0 Å². The van der Waals surface area contributed by atoms with Crippen LogP contribution in [0.15, 0.2) is 36.4 Å². The zero-order valence-electron chi connectivity index (χ0n) is 12.7. The number of fused-ring (bicyclic) bond motifs is 1.